The summed E-state index contributed by atoms with van der Waals surface area (Å²) >= 11 is 14.6. The van der Waals surface area contributed by atoms with Gasteiger partial charge in [0.15, 0.2) is 0 Å². The Balaban J connectivity index is 1.88. The van der Waals surface area contributed by atoms with Crippen LogP contribution in [0.15, 0.2) is 42.5 Å². The van der Waals surface area contributed by atoms with Gasteiger partial charge in [0.1, 0.15) is 0 Å². The predicted octanol–water partition coefficient (Wildman–Crippen LogP) is 5.78. The minimum atomic E-state index is -0.150. The molecule has 0 N–H and O–H groups in total. The summed E-state index contributed by atoms with van der Waals surface area (Å²) in [5, 5.41) is 1.65. The number of alkyl halides is 1. The Bertz CT molecular complexity index is 718. The molecule has 2 aromatic carbocycles. The summed E-state index contributed by atoms with van der Waals surface area (Å²) in [5.74, 6) is 0. The van der Waals surface area contributed by atoms with Gasteiger partial charge in [-0.05, 0) is 30.2 Å². The number of benzene rings is 2. The quantitative estimate of drug-likeness (QED) is 0.557. The molecular weight excluding hydrogens is 309 g/mol. The fourth-order valence-corrected chi connectivity index (χ4v) is 3.93. The van der Waals surface area contributed by atoms with Crippen molar-refractivity contribution in [2.24, 2.45) is 0 Å². The molecule has 20 heavy (non-hydrogen) atoms. The van der Waals surface area contributed by atoms with Crippen LogP contribution in [-0.4, -0.2) is 4.98 Å². The van der Waals surface area contributed by atoms with Crippen LogP contribution in [0.4, 0.5) is 0 Å². The van der Waals surface area contributed by atoms with E-state index in [9.17, 15) is 0 Å². The average molecular weight is 322 g/mol. The lowest BCUT2D eigenvalue weighted by Gasteiger charge is -2.11. The largest absolute Gasteiger partial charge is 0.241 e. The lowest BCUT2D eigenvalue weighted by atomic mass is 10.1. The summed E-state index contributed by atoms with van der Waals surface area (Å²) in [6.07, 6.45) is 0.698. The molecule has 0 saturated heterocycles. The van der Waals surface area contributed by atoms with Gasteiger partial charge in [0.2, 0.25) is 0 Å². The zero-order chi connectivity index (χ0) is 14.1. The number of rotatable bonds is 3. The van der Waals surface area contributed by atoms with Crippen LogP contribution in [0.1, 0.15) is 21.5 Å². The van der Waals surface area contributed by atoms with E-state index in [4.69, 9.17) is 23.2 Å². The van der Waals surface area contributed by atoms with Crippen LogP contribution in [0.5, 0.6) is 0 Å². The van der Waals surface area contributed by atoms with Crippen molar-refractivity contribution in [3.63, 3.8) is 0 Å². The van der Waals surface area contributed by atoms with E-state index < -0.39 is 0 Å². The number of fused-ring (bicyclic) bond motifs is 1. The molecule has 0 spiro atoms. The van der Waals surface area contributed by atoms with E-state index in [1.807, 2.05) is 43.3 Å². The van der Waals surface area contributed by atoms with Crippen molar-refractivity contribution < 1.29 is 0 Å². The Labute approximate surface area is 132 Å². The van der Waals surface area contributed by atoms with Crippen molar-refractivity contribution in [3.8, 4) is 0 Å². The number of aromatic nitrogens is 1. The maximum Gasteiger partial charge on any atom is 0.0956 e. The second-order valence-corrected chi connectivity index (χ2v) is 6.75. The van der Waals surface area contributed by atoms with E-state index in [1.165, 1.54) is 4.70 Å². The normalized spacial score (nSPS) is 12.8. The number of hydrogen-bond acceptors (Lipinski definition) is 2. The third kappa shape index (κ3) is 2.69. The number of nitrogens with zero attached hydrogens (tertiary/aromatic N) is 1. The molecule has 3 rings (SSSR count). The molecule has 1 unspecified atom stereocenters. The standard InChI is InChI=1S/C16H13Cl2NS/c1-10-5-4-6-11(16(10)18)12(17)9-15-19-13-7-2-3-8-14(13)20-15/h2-8,12H,9H2,1H3. The van der Waals surface area contributed by atoms with Crippen molar-refractivity contribution in [2.45, 2.75) is 18.7 Å². The van der Waals surface area contributed by atoms with Crippen molar-refractivity contribution in [1.82, 2.24) is 4.98 Å². The van der Waals surface area contributed by atoms with Gasteiger partial charge in [-0.1, -0.05) is 41.9 Å². The van der Waals surface area contributed by atoms with Gasteiger partial charge in [0, 0.05) is 11.4 Å². The number of aryl methyl sites for hydroxylation is 1. The zero-order valence-corrected chi connectivity index (χ0v) is 13.3. The highest BCUT2D eigenvalue weighted by atomic mass is 35.5. The Hall–Kier alpha value is -1.09. The van der Waals surface area contributed by atoms with Gasteiger partial charge in [0.05, 0.1) is 20.6 Å². The second-order valence-electron chi connectivity index (χ2n) is 4.73. The smallest absolute Gasteiger partial charge is 0.0956 e. The fraction of sp³-hybridized carbons (Fsp3) is 0.188. The number of para-hydroxylation sites is 1. The average Bonchev–Trinajstić information content (AvgIpc) is 2.83. The van der Waals surface area contributed by atoms with Crippen LogP contribution in [-0.2, 0) is 6.42 Å². The van der Waals surface area contributed by atoms with E-state index in [2.05, 4.69) is 11.1 Å². The van der Waals surface area contributed by atoms with Crippen molar-refractivity contribution in [1.29, 1.82) is 0 Å². The molecule has 0 aliphatic heterocycles. The molecule has 1 nitrogen and oxygen atoms in total. The summed E-state index contributed by atoms with van der Waals surface area (Å²) < 4.78 is 1.20. The number of thiazole rings is 1. The van der Waals surface area contributed by atoms with Crippen molar-refractivity contribution >= 4 is 44.8 Å². The molecule has 1 aromatic heterocycles. The molecule has 0 aliphatic carbocycles. The summed E-state index contributed by atoms with van der Waals surface area (Å²) in [6.45, 7) is 1.99. The van der Waals surface area contributed by atoms with Crippen molar-refractivity contribution in [3.05, 3.63) is 63.6 Å². The maximum absolute atomic E-state index is 6.53. The molecule has 0 saturated carbocycles. The van der Waals surface area contributed by atoms with Gasteiger partial charge >= 0.3 is 0 Å². The van der Waals surface area contributed by atoms with Crippen LogP contribution < -0.4 is 0 Å². The molecule has 1 heterocycles. The van der Waals surface area contributed by atoms with Crippen molar-refractivity contribution in [2.75, 3.05) is 0 Å². The Morgan fingerprint density at radius 3 is 2.75 bits per heavy atom. The minimum absolute atomic E-state index is 0.150. The lowest BCUT2D eigenvalue weighted by molar-refractivity contribution is 0.909. The first kappa shape index (κ1) is 13.9. The zero-order valence-electron chi connectivity index (χ0n) is 10.9. The van der Waals surface area contributed by atoms with Gasteiger partial charge in [-0.15, -0.1) is 22.9 Å². The lowest BCUT2D eigenvalue weighted by Crippen LogP contribution is -1.97. The molecule has 102 valence electrons. The summed E-state index contributed by atoms with van der Waals surface area (Å²) in [7, 11) is 0. The first-order valence-electron chi connectivity index (χ1n) is 6.38. The van der Waals surface area contributed by atoms with E-state index in [0.717, 1.165) is 26.7 Å². The molecule has 3 aromatic rings. The summed E-state index contributed by atoms with van der Waals surface area (Å²) in [6, 6.07) is 14.1. The predicted molar refractivity (Wildman–Crippen MR) is 88.1 cm³/mol. The molecule has 0 bridgehead atoms. The Morgan fingerprint density at radius 2 is 1.95 bits per heavy atom. The summed E-state index contributed by atoms with van der Waals surface area (Å²) in [4.78, 5) is 4.62. The molecule has 0 amide bonds. The molecule has 0 aliphatic rings. The van der Waals surface area contributed by atoms with Gasteiger partial charge in [-0.3, -0.25) is 0 Å². The first-order chi connectivity index (χ1) is 9.65. The minimum Gasteiger partial charge on any atom is -0.241 e. The van der Waals surface area contributed by atoms with Crippen LogP contribution in [0.3, 0.4) is 0 Å². The van der Waals surface area contributed by atoms with E-state index in [0.29, 0.717) is 6.42 Å². The van der Waals surface area contributed by atoms with Crippen LogP contribution in [0.2, 0.25) is 5.02 Å². The van der Waals surface area contributed by atoms with Gasteiger partial charge in [0.25, 0.3) is 0 Å². The highest BCUT2D eigenvalue weighted by Gasteiger charge is 2.16. The van der Waals surface area contributed by atoms with Gasteiger partial charge in [-0.2, -0.15) is 0 Å². The SMILES string of the molecule is Cc1cccc(C(Cl)Cc2nc3ccccc3s2)c1Cl. The maximum atomic E-state index is 6.53. The molecule has 4 heteroatoms. The van der Waals surface area contributed by atoms with Gasteiger partial charge in [-0.25, -0.2) is 4.98 Å². The third-order valence-electron chi connectivity index (χ3n) is 3.25. The molecular formula is C16H13Cl2NS. The summed E-state index contributed by atoms with van der Waals surface area (Å²) in [5.41, 5.74) is 3.07. The number of hydrogen-bond donors (Lipinski definition) is 0. The van der Waals surface area contributed by atoms with E-state index >= 15 is 0 Å². The monoisotopic (exact) mass is 321 g/mol. The Morgan fingerprint density at radius 1 is 1.15 bits per heavy atom. The van der Waals surface area contributed by atoms with Crippen LogP contribution in [0, 0.1) is 6.92 Å². The van der Waals surface area contributed by atoms with E-state index in [-0.39, 0.29) is 5.38 Å². The van der Waals surface area contributed by atoms with E-state index in [1.54, 1.807) is 11.3 Å². The topological polar surface area (TPSA) is 12.9 Å². The highest BCUT2D eigenvalue weighted by Crippen LogP contribution is 2.34. The second kappa shape index (κ2) is 5.72. The Kier molecular flexibility index (Phi) is 3.97. The van der Waals surface area contributed by atoms with Crippen LogP contribution >= 0.6 is 34.5 Å². The molecule has 1 atom stereocenters. The van der Waals surface area contributed by atoms with Crippen LogP contribution in [0.25, 0.3) is 10.2 Å². The fourth-order valence-electron chi connectivity index (χ4n) is 2.18. The number of halogens is 2. The molecule has 0 radical (unpaired) electrons. The highest BCUT2D eigenvalue weighted by molar-refractivity contribution is 7.18. The first-order valence-corrected chi connectivity index (χ1v) is 8.02. The van der Waals surface area contributed by atoms with Gasteiger partial charge < -0.3 is 0 Å². The molecule has 0 fully saturated rings. The third-order valence-corrected chi connectivity index (χ3v) is 5.22.